The van der Waals surface area contributed by atoms with Crippen molar-refractivity contribution in [3.05, 3.63) is 59.7 Å². The molecule has 1 aromatic heterocycles. The Bertz CT molecular complexity index is 1060. The van der Waals surface area contributed by atoms with Crippen LogP contribution in [-0.2, 0) is 16.6 Å². The van der Waals surface area contributed by atoms with Gasteiger partial charge in [-0.15, -0.1) is 0 Å². The Morgan fingerprint density at radius 3 is 2.52 bits per heavy atom. The van der Waals surface area contributed by atoms with Crippen molar-refractivity contribution >= 4 is 27.0 Å². The second-order valence-electron chi connectivity index (χ2n) is 5.50. The maximum Gasteiger partial charge on any atom is 0.265 e. The zero-order valence-corrected chi connectivity index (χ0v) is 14.5. The predicted molar refractivity (Wildman–Crippen MR) is 91.2 cm³/mol. The SMILES string of the molecule is CCn1c(C)nc2cc(C(=O)NS(=O)(=O)c3ccc(F)cc3)ccc21. The molecule has 0 aliphatic rings. The average molecular weight is 361 g/mol. The van der Waals surface area contributed by atoms with E-state index in [1.54, 1.807) is 18.2 Å². The number of halogens is 1. The molecule has 0 aliphatic heterocycles. The van der Waals surface area contributed by atoms with Gasteiger partial charge in [0.2, 0.25) is 0 Å². The van der Waals surface area contributed by atoms with Crippen LogP contribution in [0.2, 0.25) is 0 Å². The molecule has 3 rings (SSSR count). The minimum Gasteiger partial charge on any atom is -0.329 e. The van der Waals surface area contributed by atoms with E-state index in [9.17, 15) is 17.6 Å². The molecule has 0 saturated carbocycles. The van der Waals surface area contributed by atoms with Crippen LogP contribution in [0.15, 0.2) is 47.4 Å². The van der Waals surface area contributed by atoms with Crippen molar-refractivity contribution in [1.82, 2.24) is 14.3 Å². The normalized spacial score (nSPS) is 11.6. The van der Waals surface area contributed by atoms with Gasteiger partial charge in [0.25, 0.3) is 15.9 Å². The van der Waals surface area contributed by atoms with Crippen LogP contribution in [-0.4, -0.2) is 23.9 Å². The largest absolute Gasteiger partial charge is 0.329 e. The molecule has 8 heteroatoms. The van der Waals surface area contributed by atoms with Crippen molar-refractivity contribution in [3.8, 4) is 0 Å². The van der Waals surface area contributed by atoms with E-state index in [-0.39, 0.29) is 10.5 Å². The minimum absolute atomic E-state index is 0.180. The summed E-state index contributed by atoms with van der Waals surface area (Å²) in [7, 11) is -4.08. The topological polar surface area (TPSA) is 81.1 Å². The summed E-state index contributed by atoms with van der Waals surface area (Å²) in [6.07, 6.45) is 0. The molecule has 2 aromatic carbocycles. The van der Waals surface area contributed by atoms with Crippen molar-refractivity contribution < 1.29 is 17.6 Å². The quantitative estimate of drug-likeness (QED) is 0.775. The molecule has 0 bridgehead atoms. The first-order valence-electron chi connectivity index (χ1n) is 7.61. The first-order chi connectivity index (χ1) is 11.8. The summed E-state index contributed by atoms with van der Waals surface area (Å²) in [5.74, 6) is -0.512. The Morgan fingerprint density at radius 1 is 1.20 bits per heavy atom. The fourth-order valence-electron chi connectivity index (χ4n) is 2.64. The van der Waals surface area contributed by atoms with Gasteiger partial charge in [-0.25, -0.2) is 22.5 Å². The summed E-state index contributed by atoms with van der Waals surface area (Å²) >= 11 is 0. The highest BCUT2D eigenvalue weighted by atomic mass is 32.2. The molecule has 1 N–H and O–H groups in total. The van der Waals surface area contributed by atoms with Crippen LogP contribution in [0, 0.1) is 12.7 Å². The number of nitrogens with one attached hydrogen (secondary N) is 1. The molecule has 0 spiro atoms. The number of fused-ring (bicyclic) bond motifs is 1. The Morgan fingerprint density at radius 2 is 1.88 bits per heavy atom. The van der Waals surface area contributed by atoms with Gasteiger partial charge in [-0.2, -0.15) is 0 Å². The zero-order chi connectivity index (χ0) is 18.2. The summed E-state index contributed by atoms with van der Waals surface area (Å²) in [4.78, 5) is 16.5. The molecule has 0 aliphatic carbocycles. The molecule has 6 nitrogen and oxygen atoms in total. The standard InChI is InChI=1S/C17H16FN3O3S/c1-3-21-11(2)19-15-10-12(4-9-16(15)21)17(22)20-25(23,24)14-7-5-13(18)6-8-14/h4-10H,3H2,1-2H3,(H,20,22). The Labute approximate surface area is 144 Å². The lowest BCUT2D eigenvalue weighted by molar-refractivity contribution is 0.0981. The molecule has 130 valence electrons. The number of aryl methyl sites for hydroxylation is 2. The second-order valence-corrected chi connectivity index (χ2v) is 7.18. The highest BCUT2D eigenvalue weighted by Gasteiger charge is 2.19. The molecule has 0 atom stereocenters. The summed E-state index contributed by atoms with van der Waals surface area (Å²) in [5, 5.41) is 0. The molecule has 1 heterocycles. The van der Waals surface area contributed by atoms with Gasteiger partial charge in [-0.3, -0.25) is 4.79 Å². The van der Waals surface area contributed by atoms with Gasteiger partial charge < -0.3 is 4.57 Å². The van der Waals surface area contributed by atoms with Crippen LogP contribution in [0.25, 0.3) is 11.0 Å². The van der Waals surface area contributed by atoms with Crippen LogP contribution in [0.4, 0.5) is 4.39 Å². The maximum absolute atomic E-state index is 12.9. The van der Waals surface area contributed by atoms with Crippen LogP contribution in [0.1, 0.15) is 23.1 Å². The molecule has 0 saturated heterocycles. The number of hydrogen-bond acceptors (Lipinski definition) is 4. The Hall–Kier alpha value is -2.74. The number of amides is 1. The molecular weight excluding hydrogens is 345 g/mol. The fourth-order valence-corrected chi connectivity index (χ4v) is 3.62. The van der Waals surface area contributed by atoms with E-state index in [1.807, 2.05) is 23.1 Å². The summed E-state index contributed by atoms with van der Waals surface area (Å²) in [6, 6.07) is 9.06. The molecule has 0 radical (unpaired) electrons. The number of sulfonamides is 1. The summed E-state index contributed by atoms with van der Waals surface area (Å²) < 4.78 is 41.3. The van der Waals surface area contributed by atoms with Crippen LogP contribution in [0.5, 0.6) is 0 Å². The van der Waals surface area contributed by atoms with Crippen molar-refractivity contribution in [2.75, 3.05) is 0 Å². The number of aromatic nitrogens is 2. The number of benzene rings is 2. The number of hydrogen-bond donors (Lipinski definition) is 1. The lowest BCUT2D eigenvalue weighted by Crippen LogP contribution is -2.30. The smallest absolute Gasteiger partial charge is 0.265 e. The predicted octanol–water partition coefficient (Wildman–Crippen LogP) is 2.62. The highest BCUT2D eigenvalue weighted by molar-refractivity contribution is 7.90. The lowest BCUT2D eigenvalue weighted by atomic mass is 10.2. The third kappa shape index (κ3) is 3.25. The number of carbonyl (C=O) groups is 1. The van der Waals surface area contributed by atoms with E-state index >= 15 is 0 Å². The first kappa shape index (κ1) is 17.1. The maximum atomic E-state index is 12.9. The van der Waals surface area contributed by atoms with Crippen molar-refractivity contribution in [1.29, 1.82) is 0 Å². The number of imidazole rings is 1. The Balaban J connectivity index is 1.90. The van der Waals surface area contributed by atoms with Gasteiger partial charge in [0.05, 0.1) is 15.9 Å². The van der Waals surface area contributed by atoms with Crippen molar-refractivity contribution in [2.24, 2.45) is 0 Å². The third-order valence-electron chi connectivity index (χ3n) is 3.87. The van der Waals surface area contributed by atoms with Gasteiger partial charge in [-0.1, -0.05) is 0 Å². The van der Waals surface area contributed by atoms with Crippen molar-refractivity contribution in [2.45, 2.75) is 25.3 Å². The molecule has 25 heavy (non-hydrogen) atoms. The molecular formula is C17H16FN3O3S. The zero-order valence-electron chi connectivity index (χ0n) is 13.7. The molecule has 0 fully saturated rings. The van der Waals surface area contributed by atoms with E-state index in [0.29, 0.717) is 5.52 Å². The number of rotatable bonds is 4. The Kier molecular flexibility index (Phi) is 4.30. The van der Waals surface area contributed by atoms with E-state index < -0.39 is 21.7 Å². The van der Waals surface area contributed by atoms with Crippen LogP contribution < -0.4 is 4.72 Å². The monoisotopic (exact) mass is 361 g/mol. The molecule has 1 amide bonds. The second kappa shape index (κ2) is 6.29. The fraction of sp³-hybridized carbons (Fsp3) is 0.176. The summed E-state index contributed by atoms with van der Waals surface area (Å²) in [5.41, 5.74) is 1.67. The van der Waals surface area contributed by atoms with Gasteiger partial charge in [0.15, 0.2) is 0 Å². The number of nitrogens with zero attached hydrogens (tertiary/aromatic N) is 2. The third-order valence-corrected chi connectivity index (χ3v) is 5.22. The van der Waals surface area contributed by atoms with Crippen LogP contribution >= 0.6 is 0 Å². The summed E-state index contributed by atoms with van der Waals surface area (Å²) in [6.45, 7) is 4.60. The average Bonchev–Trinajstić information content (AvgIpc) is 2.88. The highest BCUT2D eigenvalue weighted by Crippen LogP contribution is 2.18. The van der Waals surface area contributed by atoms with E-state index in [4.69, 9.17) is 0 Å². The van der Waals surface area contributed by atoms with E-state index in [0.717, 1.165) is 42.2 Å². The van der Waals surface area contributed by atoms with Gasteiger partial charge >= 0.3 is 0 Å². The van der Waals surface area contributed by atoms with E-state index in [1.165, 1.54) is 0 Å². The molecule has 0 unspecified atom stereocenters. The molecule has 3 aromatic rings. The van der Waals surface area contributed by atoms with Crippen molar-refractivity contribution in [3.63, 3.8) is 0 Å². The van der Waals surface area contributed by atoms with Gasteiger partial charge in [0, 0.05) is 12.1 Å². The lowest BCUT2D eigenvalue weighted by Gasteiger charge is -2.07. The van der Waals surface area contributed by atoms with Gasteiger partial charge in [0.1, 0.15) is 11.6 Å². The van der Waals surface area contributed by atoms with Gasteiger partial charge in [-0.05, 0) is 56.3 Å². The number of carbonyl (C=O) groups excluding carboxylic acids is 1. The first-order valence-corrected chi connectivity index (χ1v) is 9.10. The van der Waals surface area contributed by atoms with E-state index in [2.05, 4.69) is 4.98 Å². The minimum atomic E-state index is -4.08. The van der Waals surface area contributed by atoms with Crippen LogP contribution in [0.3, 0.4) is 0 Å².